The van der Waals surface area contributed by atoms with Crippen LogP contribution in [0.3, 0.4) is 0 Å². The summed E-state index contributed by atoms with van der Waals surface area (Å²) in [6.45, 7) is 6.43. The van der Waals surface area contributed by atoms with Crippen molar-refractivity contribution in [2.24, 2.45) is 0 Å². The minimum Gasteiger partial charge on any atom is -0.462 e. The van der Waals surface area contributed by atoms with Gasteiger partial charge < -0.3 is 14.2 Å². The molecule has 70 heavy (non-hydrogen) atoms. The number of ether oxygens (including phenoxy) is 3. The van der Waals surface area contributed by atoms with E-state index in [0.29, 0.717) is 19.3 Å². The first-order chi connectivity index (χ1) is 34.5. The fourth-order valence-electron chi connectivity index (χ4n) is 8.21. The zero-order valence-electron chi connectivity index (χ0n) is 46.0. The second-order valence-corrected chi connectivity index (χ2v) is 19.5. The monoisotopic (exact) mass is 975 g/mol. The average molecular weight is 976 g/mol. The smallest absolute Gasteiger partial charge is 0.306 e. The first-order valence-electron chi connectivity index (χ1n) is 29.6. The van der Waals surface area contributed by atoms with Gasteiger partial charge in [0.25, 0.3) is 0 Å². The van der Waals surface area contributed by atoms with Crippen molar-refractivity contribution in [2.75, 3.05) is 13.2 Å². The van der Waals surface area contributed by atoms with Crippen molar-refractivity contribution in [3.05, 3.63) is 85.1 Å². The minimum absolute atomic E-state index is 0.0777. The van der Waals surface area contributed by atoms with E-state index < -0.39 is 6.10 Å². The van der Waals surface area contributed by atoms with E-state index in [1.165, 1.54) is 128 Å². The molecule has 402 valence electrons. The van der Waals surface area contributed by atoms with Gasteiger partial charge in [-0.05, 0) is 96.3 Å². The van der Waals surface area contributed by atoms with Crippen molar-refractivity contribution < 1.29 is 28.6 Å². The van der Waals surface area contributed by atoms with Crippen LogP contribution in [0.4, 0.5) is 0 Å². The second-order valence-electron chi connectivity index (χ2n) is 19.5. The first kappa shape index (κ1) is 66.6. The van der Waals surface area contributed by atoms with Gasteiger partial charge >= 0.3 is 17.9 Å². The van der Waals surface area contributed by atoms with Gasteiger partial charge in [0, 0.05) is 19.3 Å². The Kier molecular flexibility index (Phi) is 55.3. The molecule has 0 radical (unpaired) electrons. The first-order valence-corrected chi connectivity index (χ1v) is 29.6. The van der Waals surface area contributed by atoms with E-state index in [1.807, 2.05) is 0 Å². The Hall–Kier alpha value is -3.41. The Morgan fingerprint density at radius 2 is 0.557 bits per heavy atom. The summed E-state index contributed by atoms with van der Waals surface area (Å²) in [6, 6.07) is 0. The van der Waals surface area contributed by atoms with Crippen LogP contribution in [0.25, 0.3) is 0 Å². The van der Waals surface area contributed by atoms with Gasteiger partial charge in [-0.1, -0.05) is 254 Å². The number of carbonyl (C=O) groups excluding carboxylic acids is 3. The highest BCUT2D eigenvalue weighted by Gasteiger charge is 2.19. The van der Waals surface area contributed by atoms with Crippen molar-refractivity contribution in [1.29, 1.82) is 0 Å². The lowest BCUT2D eigenvalue weighted by Gasteiger charge is -2.18. The molecule has 0 aromatic heterocycles. The predicted octanol–water partition coefficient (Wildman–Crippen LogP) is 19.9. The van der Waals surface area contributed by atoms with Crippen LogP contribution in [-0.2, 0) is 28.6 Å². The van der Waals surface area contributed by atoms with Crippen LogP contribution in [0, 0.1) is 0 Å². The van der Waals surface area contributed by atoms with Gasteiger partial charge in [0.15, 0.2) is 6.10 Å². The third-order valence-electron chi connectivity index (χ3n) is 12.6. The zero-order chi connectivity index (χ0) is 50.7. The maximum absolute atomic E-state index is 12.7. The summed E-state index contributed by atoms with van der Waals surface area (Å²) >= 11 is 0. The van der Waals surface area contributed by atoms with E-state index in [4.69, 9.17) is 14.2 Å². The molecule has 0 saturated heterocycles. The Balaban J connectivity index is 3.97. The van der Waals surface area contributed by atoms with Crippen LogP contribution in [-0.4, -0.2) is 37.2 Å². The number of hydrogen-bond donors (Lipinski definition) is 0. The van der Waals surface area contributed by atoms with Gasteiger partial charge in [-0.15, -0.1) is 0 Å². The van der Waals surface area contributed by atoms with E-state index in [2.05, 4.69) is 106 Å². The third kappa shape index (κ3) is 55.5. The van der Waals surface area contributed by atoms with Crippen molar-refractivity contribution in [2.45, 2.75) is 290 Å². The number of rotatable bonds is 53. The number of esters is 3. The van der Waals surface area contributed by atoms with Gasteiger partial charge in [-0.3, -0.25) is 14.4 Å². The van der Waals surface area contributed by atoms with E-state index >= 15 is 0 Å². The van der Waals surface area contributed by atoms with Crippen LogP contribution in [0.15, 0.2) is 85.1 Å². The molecule has 6 nitrogen and oxygen atoms in total. The van der Waals surface area contributed by atoms with E-state index in [-0.39, 0.29) is 31.1 Å². The van der Waals surface area contributed by atoms with E-state index in [0.717, 1.165) is 116 Å². The molecule has 0 aliphatic rings. The Morgan fingerprint density at radius 3 is 0.886 bits per heavy atom. The van der Waals surface area contributed by atoms with Crippen LogP contribution in [0.2, 0.25) is 0 Å². The molecule has 0 heterocycles. The van der Waals surface area contributed by atoms with Crippen molar-refractivity contribution in [3.63, 3.8) is 0 Å². The number of carbonyl (C=O) groups is 3. The molecule has 1 unspecified atom stereocenters. The Morgan fingerprint density at radius 1 is 0.300 bits per heavy atom. The summed E-state index contributed by atoms with van der Waals surface area (Å²) in [5.74, 6) is -0.895. The quantitative estimate of drug-likeness (QED) is 0.0261. The molecule has 0 saturated carbocycles. The van der Waals surface area contributed by atoms with Crippen LogP contribution < -0.4 is 0 Å². The molecular formula is C64H110O6. The maximum Gasteiger partial charge on any atom is 0.306 e. The van der Waals surface area contributed by atoms with E-state index in [9.17, 15) is 14.4 Å². The highest BCUT2D eigenvalue weighted by atomic mass is 16.6. The molecule has 0 aromatic carbocycles. The molecule has 0 bridgehead atoms. The lowest BCUT2D eigenvalue weighted by molar-refractivity contribution is -0.167. The molecular weight excluding hydrogens is 865 g/mol. The fourth-order valence-corrected chi connectivity index (χ4v) is 8.21. The van der Waals surface area contributed by atoms with Crippen LogP contribution >= 0.6 is 0 Å². The fraction of sp³-hybridized carbons (Fsp3) is 0.734. The Labute approximate surface area is 433 Å². The SMILES string of the molecule is CC/C=C\C/C=C\C/C=C\C/C=C\C/C=C\C/C=C\CCCCCCCCCCCCCCCCC(=O)OCC(COC(=O)CCCCCCC)OC(=O)CCCCCCC/C=C\CCCCCCC. The largest absolute Gasteiger partial charge is 0.462 e. The van der Waals surface area contributed by atoms with Gasteiger partial charge in [-0.2, -0.15) is 0 Å². The summed E-state index contributed by atoms with van der Waals surface area (Å²) in [6.07, 6.45) is 76.4. The highest BCUT2D eigenvalue weighted by Crippen LogP contribution is 2.16. The van der Waals surface area contributed by atoms with E-state index in [1.54, 1.807) is 0 Å². The van der Waals surface area contributed by atoms with Gasteiger partial charge in [-0.25, -0.2) is 0 Å². The summed E-state index contributed by atoms with van der Waals surface area (Å²) in [5.41, 5.74) is 0. The number of hydrogen-bond acceptors (Lipinski definition) is 6. The summed E-state index contributed by atoms with van der Waals surface area (Å²) in [4.78, 5) is 37.7. The summed E-state index contributed by atoms with van der Waals surface area (Å²) in [5, 5.41) is 0. The number of unbranched alkanes of at least 4 members (excludes halogenated alkanes) is 28. The molecule has 0 N–H and O–H groups in total. The maximum atomic E-state index is 12.7. The van der Waals surface area contributed by atoms with Crippen LogP contribution in [0.5, 0.6) is 0 Å². The average Bonchev–Trinajstić information content (AvgIpc) is 3.36. The topological polar surface area (TPSA) is 78.9 Å². The zero-order valence-corrected chi connectivity index (χ0v) is 46.0. The summed E-state index contributed by atoms with van der Waals surface area (Å²) in [7, 11) is 0. The standard InChI is InChI=1S/C64H110O6/c1-4-7-10-13-15-17-19-21-23-24-25-26-27-28-29-30-31-32-33-34-35-36-37-38-39-40-41-43-44-46-48-51-54-57-63(66)69-60-61(59-68-62(65)56-53-50-12-9-6-3)70-64(67)58-55-52-49-47-45-42-22-20-18-16-14-11-8-5-2/h7,10,15,17,20-23,25-26,28-29,31-32,61H,4-6,8-9,11-14,16,18-19,24,27,30,33-60H2,1-3H3/b10-7-,17-15-,22-20-,23-21-,26-25-,29-28-,32-31-. The molecule has 0 aromatic rings. The lowest BCUT2D eigenvalue weighted by Crippen LogP contribution is -2.30. The van der Waals surface area contributed by atoms with Gasteiger partial charge in [0.05, 0.1) is 0 Å². The predicted molar refractivity (Wildman–Crippen MR) is 302 cm³/mol. The molecule has 1 atom stereocenters. The second kappa shape index (κ2) is 58.2. The van der Waals surface area contributed by atoms with Gasteiger partial charge in [0.2, 0.25) is 0 Å². The molecule has 0 fully saturated rings. The third-order valence-corrected chi connectivity index (χ3v) is 12.6. The molecule has 0 amide bonds. The van der Waals surface area contributed by atoms with Crippen molar-refractivity contribution in [1.82, 2.24) is 0 Å². The molecule has 0 spiro atoms. The molecule has 0 rings (SSSR count). The highest BCUT2D eigenvalue weighted by molar-refractivity contribution is 5.71. The van der Waals surface area contributed by atoms with Crippen molar-refractivity contribution >= 4 is 17.9 Å². The molecule has 6 heteroatoms. The lowest BCUT2D eigenvalue weighted by atomic mass is 10.0. The Bertz CT molecular complexity index is 1350. The minimum atomic E-state index is -0.775. The number of allylic oxidation sites excluding steroid dienone is 14. The van der Waals surface area contributed by atoms with Crippen molar-refractivity contribution in [3.8, 4) is 0 Å². The molecule has 0 aliphatic carbocycles. The summed E-state index contributed by atoms with van der Waals surface area (Å²) < 4.78 is 16.7. The van der Waals surface area contributed by atoms with Gasteiger partial charge in [0.1, 0.15) is 13.2 Å². The molecule has 0 aliphatic heterocycles. The van der Waals surface area contributed by atoms with Crippen LogP contribution in [0.1, 0.15) is 284 Å². The normalized spacial score (nSPS) is 12.7.